The molecule has 0 N–H and O–H groups in total. The molecule has 0 unspecified atom stereocenters. The number of halogens is 1. The summed E-state index contributed by atoms with van der Waals surface area (Å²) in [6.07, 6.45) is 5.39. The highest BCUT2D eigenvalue weighted by molar-refractivity contribution is 9.10. The minimum absolute atomic E-state index is 0.725. The van der Waals surface area contributed by atoms with Crippen LogP contribution in [0.15, 0.2) is 10.7 Å². The van der Waals surface area contributed by atoms with Gasteiger partial charge in [-0.3, -0.25) is 4.68 Å². The number of aromatic nitrogens is 2. The van der Waals surface area contributed by atoms with E-state index < -0.39 is 0 Å². The van der Waals surface area contributed by atoms with Gasteiger partial charge >= 0.3 is 0 Å². The van der Waals surface area contributed by atoms with Crippen molar-refractivity contribution in [3.8, 4) is 0 Å². The number of hydrogen-bond donors (Lipinski definition) is 0. The third kappa shape index (κ3) is 1.42. The van der Waals surface area contributed by atoms with Crippen LogP contribution in [0.1, 0.15) is 37.3 Å². The van der Waals surface area contributed by atoms with Gasteiger partial charge in [0.15, 0.2) is 0 Å². The Labute approximate surface area is 81.1 Å². The summed E-state index contributed by atoms with van der Waals surface area (Å²) in [7, 11) is 1.97. The van der Waals surface area contributed by atoms with Crippen LogP contribution in [0, 0.1) is 0 Å². The van der Waals surface area contributed by atoms with E-state index in [9.17, 15) is 0 Å². The Kier molecular flexibility index (Phi) is 2.22. The molecule has 1 aromatic heterocycles. The van der Waals surface area contributed by atoms with E-state index in [0.29, 0.717) is 0 Å². The van der Waals surface area contributed by atoms with Gasteiger partial charge in [-0.25, -0.2) is 0 Å². The van der Waals surface area contributed by atoms with Gasteiger partial charge in [-0.1, -0.05) is 12.8 Å². The zero-order chi connectivity index (χ0) is 8.55. The molecule has 0 aromatic carbocycles. The van der Waals surface area contributed by atoms with Crippen molar-refractivity contribution < 1.29 is 0 Å². The van der Waals surface area contributed by atoms with Crippen LogP contribution in [0.5, 0.6) is 0 Å². The van der Waals surface area contributed by atoms with Gasteiger partial charge < -0.3 is 0 Å². The summed E-state index contributed by atoms with van der Waals surface area (Å²) in [6, 6.07) is 2.15. The van der Waals surface area contributed by atoms with Gasteiger partial charge in [0.25, 0.3) is 0 Å². The first-order chi connectivity index (χ1) is 5.77. The maximum absolute atomic E-state index is 4.46. The molecule has 1 aromatic rings. The lowest BCUT2D eigenvalue weighted by Gasteiger charge is -2.02. The Balaban J connectivity index is 2.21. The van der Waals surface area contributed by atoms with Crippen LogP contribution < -0.4 is 0 Å². The van der Waals surface area contributed by atoms with Crippen LogP contribution in [0.4, 0.5) is 0 Å². The van der Waals surface area contributed by atoms with E-state index in [2.05, 4.69) is 27.1 Å². The largest absolute Gasteiger partial charge is 0.261 e. The predicted octanol–water partition coefficient (Wildman–Crippen LogP) is 2.84. The number of hydrogen-bond acceptors (Lipinski definition) is 1. The Morgan fingerprint density at radius 3 is 2.67 bits per heavy atom. The van der Waals surface area contributed by atoms with E-state index in [1.54, 1.807) is 0 Å². The van der Waals surface area contributed by atoms with Crippen molar-refractivity contribution in [3.63, 3.8) is 0 Å². The molecule has 1 fully saturated rings. The predicted molar refractivity (Wildman–Crippen MR) is 52.1 cm³/mol. The minimum Gasteiger partial charge on any atom is -0.261 e. The third-order valence-electron chi connectivity index (χ3n) is 2.62. The monoisotopic (exact) mass is 228 g/mol. The highest BCUT2D eigenvalue weighted by Gasteiger charge is 2.19. The summed E-state index contributed by atoms with van der Waals surface area (Å²) in [5.41, 5.74) is 1.27. The molecule has 0 radical (unpaired) electrons. The van der Waals surface area contributed by atoms with E-state index in [1.165, 1.54) is 31.4 Å². The van der Waals surface area contributed by atoms with Crippen LogP contribution in [0.2, 0.25) is 0 Å². The van der Waals surface area contributed by atoms with Gasteiger partial charge in [0, 0.05) is 13.0 Å². The zero-order valence-corrected chi connectivity index (χ0v) is 8.84. The summed E-state index contributed by atoms with van der Waals surface area (Å²) >= 11 is 3.46. The van der Waals surface area contributed by atoms with Crippen molar-refractivity contribution in [1.82, 2.24) is 9.78 Å². The van der Waals surface area contributed by atoms with Crippen molar-refractivity contribution in [2.75, 3.05) is 0 Å². The van der Waals surface area contributed by atoms with E-state index >= 15 is 0 Å². The molecule has 0 spiro atoms. The summed E-state index contributed by atoms with van der Waals surface area (Å²) in [5.74, 6) is 0.725. The average Bonchev–Trinajstić information content (AvgIpc) is 2.61. The molecule has 0 aliphatic heterocycles. The van der Waals surface area contributed by atoms with Crippen LogP contribution in [-0.2, 0) is 7.05 Å². The maximum Gasteiger partial charge on any atom is 0.104 e. The standard InChI is InChI=1S/C9H13BrN2/c1-12-9(10)6-8(11-12)7-4-2-3-5-7/h6-7H,2-5H2,1H3. The summed E-state index contributed by atoms with van der Waals surface area (Å²) in [4.78, 5) is 0. The molecule has 1 aliphatic rings. The first-order valence-electron chi connectivity index (χ1n) is 4.47. The maximum atomic E-state index is 4.46. The Morgan fingerprint density at radius 1 is 1.50 bits per heavy atom. The van der Waals surface area contributed by atoms with Crippen LogP contribution >= 0.6 is 15.9 Å². The lowest BCUT2D eigenvalue weighted by molar-refractivity contribution is 0.654. The van der Waals surface area contributed by atoms with Crippen molar-refractivity contribution in [1.29, 1.82) is 0 Å². The minimum atomic E-state index is 0.725. The van der Waals surface area contributed by atoms with Crippen molar-refractivity contribution in [2.45, 2.75) is 31.6 Å². The van der Waals surface area contributed by atoms with Crippen molar-refractivity contribution in [2.24, 2.45) is 7.05 Å². The molecule has 0 amide bonds. The second kappa shape index (κ2) is 3.21. The van der Waals surface area contributed by atoms with Gasteiger partial charge in [-0.2, -0.15) is 5.10 Å². The molecule has 0 bridgehead atoms. The third-order valence-corrected chi connectivity index (χ3v) is 3.36. The Bertz CT molecular complexity index is 255. The first-order valence-corrected chi connectivity index (χ1v) is 5.26. The second-order valence-corrected chi connectivity index (χ2v) is 4.31. The van der Waals surface area contributed by atoms with Crippen molar-refractivity contribution in [3.05, 3.63) is 16.4 Å². The molecule has 3 heteroatoms. The fraction of sp³-hybridized carbons (Fsp3) is 0.667. The topological polar surface area (TPSA) is 17.8 Å². The molecule has 1 heterocycles. The summed E-state index contributed by atoms with van der Waals surface area (Å²) in [5, 5.41) is 4.46. The average molecular weight is 229 g/mol. The van der Waals surface area contributed by atoms with Crippen LogP contribution in [-0.4, -0.2) is 9.78 Å². The van der Waals surface area contributed by atoms with Crippen LogP contribution in [0.3, 0.4) is 0 Å². The van der Waals surface area contributed by atoms with E-state index in [4.69, 9.17) is 0 Å². The van der Waals surface area contributed by atoms with Gasteiger partial charge in [0.2, 0.25) is 0 Å². The Hall–Kier alpha value is -0.310. The summed E-state index contributed by atoms with van der Waals surface area (Å²) < 4.78 is 2.98. The SMILES string of the molecule is Cn1nc(C2CCCC2)cc1Br. The lowest BCUT2D eigenvalue weighted by atomic mass is 10.1. The fourth-order valence-corrected chi connectivity index (χ4v) is 2.20. The van der Waals surface area contributed by atoms with Gasteiger partial charge in [-0.15, -0.1) is 0 Å². The highest BCUT2D eigenvalue weighted by Crippen LogP contribution is 2.33. The molecule has 66 valence electrons. The smallest absolute Gasteiger partial charge is 0.104 e. The van der Waals surface area contributed by atoms with E-state index in [-0.39, 0.29) is 0 Å². The Morgan fingerprint density at radius 2 is 2.17 bits per heavy atom. The lowest BCUT2D eigenvalue weighted by Crippen LogP contribution is -1.95. The van der Waals surface area contributed by atoms with Crippen molar-refractivity contribution >= 4 is 15.9 Å². The molecule has 12 heavy (non-hydrogen) atoms. The molecule has 0 atom stereocenters. The van der Waals surface area contributed by atoms with Crippen LogP contribution in [0.25, 0.3) is 0 Å². The zero-order valence-electron chi connectivity index (χ0n) is 7.26. The number of aryl methyl sites for hydroxylation is 1. The normalized spacial score (nSPS) is 18.8. The second-order valence-electron chi connectivity index (χ2n) is 3.50. The highest BCUT2D eigenvalue weighted by atomic mass is 79.9. The molecular formula is C9H13BrN2. The molecule has 2 nitrogen and oxygen atoms in total. The quantitative estimate of drug-likeness (QED) is 0.723. The molecule has 2 rings (SSSR count). The summed E-state index contributed by atoms with van der Waals surface area (Å²) in [6.45, 7) is 0. The number of rotatable bonds is 1. The molecule has 1 aliphatic carbocycles. The van der Waals surface area contributed by atoms with E-state index in [1.807, 2.05) is 11.7 Å². The van der Waals surface area contributed by atoms with Gasteiger partial charge in [-0.05, 0) is 34.8 Å². The fourth-order valence-electron chi connectivity index (χ4n) is 1.89. The van der Waals surface area contributed by atoms with Gasteiger partial charge in [0.05, 0.1) is 5.69 Å². The first kappa shape index (κ1) is 8.30. The van der Waals surface area contributed by atoms with Gasteiger partial charge in [0.1, 0.15) is 4.60 Å². The van der Waals surface area contributed by atoms with E-state index in [0.717, 1.165) is 10.5 Å². The number of nitrogens with zero attached hydrogens (tertiary/aromatic N) is 2. The molecule has 0 saturated heterocycles. The molecule has 1 saturated carbocycles. The molecular weight excluding hydrogens is 216 g/mol.